The summed E-state index contributed by atoms with van der Waals surface area (Å²) in [6, 6.07) is 81.5. The van der Waals surface area contributed by atoms with Gasteiger partial charge in [0.15, 0.2) is 0 Å². The highest BCUT2D eigenvalue weighted by Crippen LogP contribution is 2.43. The molecular formula is C54H37N. The molecule has 10 rings (SSSR count). The zero-order valence-corrected chi connectivity index (χ0v) is 30.3. The van der Waals surface area contributed by atoms with Crippen molar-refractivity contribution in [3.8, 4) is 44.5 Å². The van der Waals surface area contributed by atoms with E-state index in [2.05, 4.69) is 229 Å². The van der Waals surface area contributed by atoms with Gasteiger partial charge in [-0.05, 0) is 126 Å². The monoisotopic (exact) mass is 699 g/mol. The molecule has 258 valence electrons. The van der Waals surface area contributed by atoms with Gasteiger partial charge in [-0.1, -0.05) is 170 Å². The minimum atomic E-state index is 1.10. The molecule has 0 spiro atoms. The van der Waals surface area contributed by atoms with Crippen LogP contribution in [0.25, 0.3) is 76.8 Å². The van der Waals surface area contributed by atoms with Gasteiger partial charge in [-0.25, -0.2) is 0 Å². The van der Waals surface area contributed by atoms with Gasteiger partial charge in [0.1, 0.15) is 0 Å². The topological polar surface area (TPSA) is 3.24 Å². The second-order valence-electron chi connectivity index (χ2n) is 14.2. The highest BCUT2D eigenvalue weighted by Gasteiger charge is 2.18. The van der Waals surface area contributed by atoms with E-state index in [9.17, 15) is 0 Å². The van der Waals surface area contributed by atoms with Crippen molar-refractivity contribution in [2.75, 3.05) is 4.90 Å². The molecular weight excluding hydrogens is 663 g/mol. The van der Waals surface area contributed by atoms with Gasteiger partial charge in [0.25, 0.3) is 0 Å². The summed E-state index contributed by atoms with van der Waals surface area (Å²) in [4.78, 5) is 2.42. The number of hydrogen-bond donors (Lipinski definition) is 0. The minimum absolute atomic E-state index is 1.10. The second kappa shape index (κ2) is 14.0. The Bertz CT molecular complexity index is 2890. The Kier molecular flexibility index (Phi) is 8.24. The van der Waals surface area contributed by atoms with Gasteiger partial charge < -0.3 is 4.90 Å². The van der Waals surface area contributed by atoms with E-state index >= 15 is 0 Å². The molecule has 0 saturated heterocycles. The Labute approximate surface area is 322 Å². The summed E-state index contributed by atoms with van der Waals surface area (Å²) < 4.78 is 0. The SMILES string of the molecule is c1ccc(-c2cc(-c3ccccc3)cc(-c3ccc(N(c4ccc(-c5ccc6ccccc6c5)cc4)c4cc5ccccc5c5ccccc45)cc3)c2)cc1. The van der Waals surface area contributed by atoms with Crippen LogP contribution in [0.4, 0.5) is 17.1 Å². The quantitative estimate of drug-likeness (QED) is 0.150. The summed E-state index contributed by atoms with van der Waals surface area (Å²) in [5.41, 5.74) is 13.0. The maximum absolute atomic E-state index is 2.42. The van der Waals surface area contributed by atoms with E-state index in [4.69, 9.17) is 0 Å². The molecule has 1 nitrogen and oxygen atoms in total. The summed E-state index contributed by atoms with van der Waals surface area (Å²) in [6.07, 6.45) is 0. The van der Waals surface area contributed by atoms with Crippen molar-refractivity contribution in [2.24, 2.45) is 0 Å². The Morgan fingerprint density at radius 1 is 0.218 bits per heavy atom. The molecule has 0 aromatic heterocycles. The third kappa shape index (κ3) is 6.22. The van der Waals surface area contributed by atoms with Crippen molar-refractivity contribution in [1.29, 1.82) is 0 Å². The average Bonchev–Trinajstić information content (AvgIpc) is 3.27. The van der Waals surface area contributed by atoms with Crippen molar-refractivity contribution >= 4 is 49.4 Å². The first-order valence-corrected chi connectivity index (χ1v) is 18.9. The average molecular weight is 700 g/mol. The molecule has 0 radical (unpaired) electrons. The standard InChI is InChI=1S/C54H37N/c1-3-13-38(14-4-1)46-34-47(39-15-5-2-6-16-39)36-48(35-46)42-27-31-50(32-28-42)55(54-37-45-19-9-10-20-51(45)52-21-11-12-22-53(52)54)49-29-25-41(26-30-49)44-24-23-40-17-7-8-18-43(40)33-44/h1-37H. The molecule has 55 heavy (non-hydrogen) atoms. The number of nitrogens with zero attached hydrogens (tertiary/aromatic N) is 1. The van der Waals surface area contributed by atoms with Crippen LogP contribution in [0.5, 0.6) is 0 Å². The molecule has 10 aromatic carbocycles. The Hall–Kier alpha value is -7.22. The summed E-state index contributed by atoms with van der Waals surface area (Å²) in [5.74, 6) is 0. The molecule has 0 heterocycles. The van der Waals surface area contributed by atoms with Crippen LogP contribution in [0.15, 0.2) is 224 Å². The lowest BCUT2D eigenvalue weighted by atomic mass is 9.93. The molecule has 0 aliphatic carbocycles. The third-order valence-corrected chi connectivity index (χ3v) is 10.8. The van der Waals surface area contributed by atoms with Crippen molar-refractivity contribution < 1.29 is 0 Å². The minimum Gasteiger partial charge on any atom is -0.310 e. The molecule has 0 unspecified atom stereocenters. The third-order valence-electron chi connectivity index (χ3n) is 10.8. The fourth-order valence-electron chi connectivity index (χ4n) is 8.01. The van der Waals surface area contributed by atoms with E-state index in [1.54, 1.807) is 0 Å². The predicted molar refractivity (Wildman–Crippen MR) is 235 cm³/mol. The molecule has 0 N–H and O–H groups in total. The Morgan fingerprint density at radius 2 is 0.636 bits per heavy atom. The number of rotatable bonds is 7. The lowest BCUT2D eigenvalue weighted by molar-refractivity contribution is 1.30. The fourth-order valence-corrected chi connectivity index (χ4v) is 8.01. The number of benzene rings is 10. The normalized spacial score (nSPS) is 11.3. The lowest BCUT2D eigenvalue weighted by Crippen LogP contribution is -2.10. The van der Waals surface area contributed by atoms with Gasteiger partial charge in [0.05, 0.1) is 5.69 Å². The van der Waals surface area contributed by atoms with Crippen LogP contribution in [0.1, 0.15) is 0 Å². The zero-order chi connectivity index (χ0) is 36.6. The van der Waals surface area contributed by atoms with Gasteiger partial charge in [-0.2, -0.15) is 0 Å². The molecule has 0 atom stereocenters. The van der Waals surface area contributed by atoms with Crippen LogP contribution in [-0.2, 0) is 0 Å². The number of fused-ring (bicyclic) bond motifs is 4. The molecule has 0 aliphatic heterocycles. The second-order valence-corrected chi connectivity index (χ2v) is 14.2. The summed E-state index contributed by atoms with van der Waals surface area (Å²) in [5, 5.41) is 7.44. The van der Waals surface area contributed by atoms with Crippen molar-refractivity contribution in [3.63, 3.8) is 0 Å². The summed E-state index contributed by atoms with van der Waals surface area (Å²) >= 11 is 0. The maximum Gasteiger partial charge on any atom is 0.0546 e. The lowest BCUT2D eigenvalue weighted by Gasteiger charge is -2.28. The van der Waals surface area contributed by atoms with E-state index in [1.807, 2.05) is 0 Å². The zero-order valence-electron chi connectivity index (χ0n) is 30.3. The molecule has 0 bridgehead atoms. The van der Waals surface area contributed by atoms with E-state index in [0.29, 0.717) is 0 Å². The Morgan fingerprint density at radius 3 is 1.22 bits per heavy atom. The van der Waals surface area contributed by atoms with Crippen LogP contribution >= 0.6 is 0 Å². The van der Waals surface area contributed by atoms with Crippen LogP contribution in [0, 0.1) is 0 Å². The molecule has 10 aromatic rings. The van der Waals surface area contributed by atoms with Crippen molar-refractivity contribution in [1.82, 2.24) is 0 Å². The van der Waals surface area contributed by atoms with Crippen LogP contribution in [0.3, 0.4) is 0 Å². The molecule has 1 heteroatoms. The number of anilines is 3. The van der Waals surface area contributed by atoms with E-state index in [1.165, 1.54) is 76.8 Å². The summed E-state index contributed by atoms with van der Waals surface area (Å²) in [6.45, 7) is 0. The maximum atomic E-state index is 2.42. The van der Waals surface area contributed by atoms with E-state index < -0.39 is 0 Å². The molecule has 0 amide bonds. The summed E-state index contributed by atoms with van der Waals surface area (Å²) in [7, 11) is 0. The largest absolute Gasteiger partial charge is 0.310 e. The first-order chi connectivity index (χ1) is 27.2. The van der Waals surface area contributed by atoms with E-state index in [0.717, 1.165) is 17.1 Å². The molecule has 0 aliphatic rings. The van der Waals surface area contributed by atoms with Gasteiger partial charge >= 0.3 is 0 Å². The predicted octanol–water partition coefficient (Wildman–Crippen LogP) is 15.3. The van der Waals surface area contributed by atoms with E-state index in [-0.39, 0.29) is 0 Å². The first-order valence-electron chi connectivity index (χ1n) is 18.9. The van der Waals surface area contributed by atoms with Crippen molar-refractivity contribution in [3.05, 3.63) is 224 Å². The van der Waals surface area contributed by atoms with Crippen LogP contribution < -0.4 is 4.90 Å². The smallest absolute Gasteiger partial charge is 0.0546 e. The first kappa shape index (κ1) is 32.4. The van der Waals surface area contributed by atoms with Crippen LogP contribution in [-0.4, -0.2) is 0 Å². The van der Waals surface area contributed by atoms with Gasteiger partial charge in [0, 0.05) is 16.8 Å². The number of hydrogen-bond acceptors (Lipinski definition) is 1. The van der Waals surface area contributed by atoms with Gasteiger partial charge in [-0.3, -0.25) is 0 Å². The van der Waals surface area contributed by atoms with Crippen molar-refractivity contribution in [2.45, 2.75) is 0 Å². The highest BCUT2D eigenvalue weighted by atomic mass is 15.1. The Balaban J connectivity index is 1.11. The fraction of sp³-hybridized carbons (Fsp3) is 0. The van der Waals surface area contributed by atoms with Gasteiger partial charge in [-0.15, -0.1) is 0 Å². The molecule has 0 fully saturated rings. The van der Waals surface area contributed by atoms with Gasteiger partial charge in [0.2, 0.25) is 0 Å². The molecule has 0 saturated carbocycles. The highest BCUT2D eigenvalue weighted by molar-refractivity contribution is 6.14. The van der Waals surface area contributed by atoms with Crippen LogP contribution in [0.2, 0.25) is 0 Å².